The van der Waals surface area contributed by atoms with Crippen molar-refractivity contribution in [3.8, 4) is 0 Å². The van der Waals surface area contributed by atoms with E-state index in [0.29, 0.717) is 6.42 Å². The molecular weight excluding hydrogens is 524 g/mol. The van der Waals surface area contributed by atoms with Crippen molar-refractivity contribution < 1.29 is 52.7 Å². The number of ketones is 1. The number of benzene rings is 1. The monoisotopic (exact) mass is 560 g/mol. The maximum Gasteiger partial charge on any atom is 0.303 e. The molecule has 3 rings (SSSR count). The first-order valence-corrected chi connectivity index (χ1v) is 13.0. The zero-order valence-corrected chi connectivity index (χ0v) is 22.8. The van der Waals surface area contributed by atoms with Crippen LogP contribution >= 0.6 is 0 Å². The molecule has 40 heavy (non-hydrogen) atoms. The molecule has 2 aliphatic heterocycles. The van der Waals surface area contributed by atoms with Crippen LogP contribution in [0.1, 0.15) is 39.2 Å². The maximum absolute atomic E-state index is 12.8. The third-order valence-corrected chi connectivity index (χ3v) is 6.36. The number of hydrogen-bond acceptors (Lipinski definition) is 11. The van der Waals surface area contributed by atoms with Crippen LogP contribution in [0.4, 0.5) is 0 Å². The van der Waals surface area contributed by atoms with Crippen LogP contribution in [0.25, 0.3) is 0 Å². The minimum atomic E-state index is -1.37. The summed E-state index contributed by atoms with van der Waals surface area (Å²) in [5, 5.41) is 11.4. The second-order valence-corrected chi connectivity index (χ2v) is 9.62. The summed E-state index contributed by atoms with van der Waals surface area (Å²) in [7, 11) is 0. The average Bonchev–Trinajstić information content (AvgIpc) is 3.20. The number of hydrogen-bond donors (Lipinski definition) is 1. The van der Waals surface area contributed by atoms with E-state index in [1.165, 1.54) is 26.8 Å². The van der Waals surface area contributed by atoms with Gasteiger partial charge in [0.15, 0.2) is 18.0 Å². The molecule has 2 aliphatic rings. The molecule has 1 saturated heterocycles. The van der Waals surface area contributed by atoms with Crippen LogP contribution < -0.4 is 0 Å². The summed E-state index contributed by atoms with van der Waals surface area (Å²) in [6, 6.07) is 9.23. The predicted molar refractivity (Wildman–Crippen MR) is 140 cm³/mol. The first-order valence-electron chi connectivity index (χ1n) is 13.0. The van der Waals surface area contributed by atoms with Crippen molar-refractivity contribution in [3.05, 3.63) is 60.7 Å². The van der Waals surface area contributed by atoms with Gasteiger partial charge in [-0.05, 0) is 18.1 Å². The Morgan fingerprint density at radius 3 is 2.38 bits per heavy atom. The molecule has 0 radical (unpaired) electrons. The number of ether oxygens (including phenoxy) is 6. The topological polar surface area (TPSA) is 144 Å². The van der Waals surface area contributed by atoms with E-state index < -0.39 is 72.5 Å². The van der Waals surface area contributed by atoms with Crippen molar-refractivity contribution in [2.45, 2.75) is 89.1 Å². The summed E-state index contributed by atoms with van der Waals surface area (Å²) in [5.41, 5.74) is 0.827. The number of aliphatic hydroxyl groups excluding tert-OH is 1. The van der Waals surface area contributed by atoms with Gasteiger partial charge in [-0.15, -0.1) is 6.58 Å². The zero-order chi connectivity index (χ0) is 29.2. The van der Waals surface area contributed by atoms with Gasteiger partial charge in [-0.1, -0.05) is 42.5 Å². The lowest BCUT2D eigenvalue weighted by Gasteiger charge is -2.34. The summed E-state index contributed by atoms with van der Waals surface area (Å²) in [4.78, 5) is 48.1. The van der Waals surface area contributed by atoms with Crippen LogP contribution in [0.2, 0.25) is 0 Å². The van der Waals surface area contributed by atoms with Gasteiger partial charge in [0.05, 0.1) is 18.8 Å². The first kappa shape index (κ1) is 31.2. The third-order valence-electron chi connectivity index (χ3n) is 6.36. The van der Waals surface area contributed by atoms with Gasteiger partial charge in [0.2, 0.25) is 0 Å². The van der Waals surface area contributed by atoms with Crippen LogP contribution in [0.15, 0.2) is 55.1 Å². The molecule has 0 aliphatic carbocycles. The number of rotatable bonds is 13. The summed E-state index contributed by atoms with van der Waals surface area (Å²) in [6.07, 6.45) is -3.52. The fourth-order valence-electron chi connectivity index (χ4n) is 4.68. The lowest BCUT2D eigenvalue weighted by atomic mass is 9.94. The Hall–Kier alpha value is -3.38. The quantitative estimate of drug-likeness (QED) is 0.215. The number of aliphatic hydroxyl groups is 1. The number of esters is 3. The van der Waals surface area contributed by atoms with Crippen LogP contribution in [0, 0.1) is 0 Å². The minimum Gasteiger partial charge on any atom is -0.462 e. The SMILES string of the molecule is C=CC[C@@H]1C=CC(=O)[C@@H]([C@@H](OC(C)=O)[C@@H]2O[C@H](C[C@H](COC(C)=O)OC(C)=O)[C@H](OCc3ccccc3)[C@@H]2O)O1. The third kappa shape index (κ3) is 8.82. The largest absolute Gasteiger partial charge is 0.462 e. The molecule has 11 heteroatoms. The molecule has 1 aromatic carbocycles. The van der Waals surface area contributed by atoms with Gasteiger partial charge < -0.3 is 33.5 Å². The number of carbonyl (C=O) groups excluding carboxylic acids is 4. The Labute approximate surface area is 233 Å². The molecule has 1 fully saturated rings. The molecular formula is C29H36O11. The molecule has 0 saturated carbocycles. The molecule has 2 heterocycles. The van der Waals surface area contributed by atoms with E-state index in [2.05, 4.69) is 6.58 Å². The van der Waals surface area contributed by atoms with Gasteiger partial charge >= 0.3 is 17.9 Å². The van der Waals surface area contributed by atoms with E-state index in [0.717, 1.165) is 5.56 Å². The highest BCUT2D eigenvalue weighted by Gasteiger charge is 2.53. The molecule has 218 valence electrons. The molecule has 0 amide bonds. The summed E-state index contributed by atoms with van der Waals surface area (Å²) in [5.74, 6) is -2.33. The van der Waals surface area contributed by atoms with Gasteiger partial charge in [-0.2, -0.15) is 0 Å². The van der Waals surface area contributed by atoms with Crippen molar-refractivity contribution in [1.82, 2.24) is 0 Å². The second-order valence-electron chi connectivity index (χ2n) is 9.62. The van der Waals surface area contributed by atoms with Crippen molar-refractivity contribution >= 4 is 23.7 Å². The van der Waals surface area contributed by atoms with Crippen LogP contribution in [-0.4, -0.2) is 84.2 Å². The molecule has 1 N–H and O–H groups in total. The molecule has 1 aromatic rings. The Morgan fingerprint density at radius 2 is 1.75 bits per heavy atom. The van der Waals surface area contributed by atoms with Gasteiger partial charge in [-0.3, -0.25) is 19.2 Å². The molecule has 0 unspecified atom stereocenters. The molecule has 0 spiro atoms. The highest BCUT2D eigenvalue weighted by molar-refractivity contribution is 5.95. The van der Waals surface area contributed by atoms with Crippen molar-refractivity contribution in [2.24, 2.45) is 0 Å². The molecule has 11 nitrogen and oxygen atoms in total. The van der Waals surface area contributed by atoms with Crippen molar-refractivity contribution in [2.75, 3.05) is 6.61 Å². The van der Waals surface area contributed by atoms with Gasteiger partial charge in [-0.25, -0.2) is 0 Å². The van der Waals surface area contributed by atoms with Gasteiger partial charge in [0.25, 0.3) is 0 Å². The molecule has 0 aromatic heterocycles. The normalized spacial score (nSPS) is 27.4. The summed E-state index contributed by atoms with van der Waals surface area (Å²) < 4.78 is 34.1. The van der Waals surface area contributed by atoms with Crippen molar-refractivity contribution in [3.63, 3.8) is 0 Å². The standard InChI is InChI=1S/C29H36O11/c1-5-9-21-12-13-23(33)26(39-21)29(38-19(4)32)28-25(34)27(36-15-20-10-7-6-8-11-20)24(40-28)14-22(37-18(3)31)16-35-17(2)30/h5-8,10-13,21-22,24-29,34H,1,9,14-16H2,2-4H3/t21-,22-,24-,25+,26+,27+,28-,29-/m1/s1. The highest BCUT2D eigenvalue weighted by atomic mass is 16.6. The Balaban J connectivity index is 1.89. The lowest BCUT2D eigenvalue weighted by Crippen LogP contribution is -2.52. The van der Waals surface area contributed by atoms with Crippen LogP contribution in [0.3, 0.4) is 0 Å². The predicted octanol–water partition coefficient (Wildman–Crippen LogP) is 1.99. The Bertz CT molecular complexity index is 1070. The Kier molecular flexibility index (Phi) is 11.6. The molecule has 8 atom stereocenters. The summed E-state index contributed by atoms with van der Waals surface area (Å²) in [6.45, 7) is 7.17. The zero-order valence-electron chi connectivity index (χ0n) is 22.8. The first-order chi connectivity index (χ1) is 19.1. The Morgan fingerprint density at radius 1 is 1.05 bits per heavy atom. The van der Waals surface area contributed by atoms with E-state index in [4.69, 9.17) is 28.4 Å². The van der Waals surface area contributed by atoms with E-state index >= 15 is 0 Å². The summed E-state index contributed by atoms with van der Waals surface area (Å²) >= 11 is 0. The van der Waals surface area contributed by atoms with Crippen LogP contribution in [-0.2, 0) is 54.2 Å². The second kappa shape index (κ2) is 14.8. The molecule has 0 bridgehead atoms. The van der Waals surface area contributed by atoms with Gasteiger partial charge in [0.1, 0.15) is 31.0 Å². The lowest BCUT2D eigenvalue weighted by molar-refractivity contribution is -0.183. The minimum absolute atomic E-state index is 0.0227. The van der Waals surface area contributed by atoms with Crippen LogP contribution in [0.5, 0.6) is 0 Å². The fourth-order valence-corrected chi connectivity index (χ4v) is 4.68. The van der Waals surface area contributed by atoms with E-state index in [1.807, 2.05) is 30.3 Å². The van der Waals surface area contributed by atoms with E-state index in [-0.39, 0.29) is 19.6 Å². The van der Waals surface area contributed by atoms with Crippen molar-refractivity contribution in [1.29, 1.82) is 0 Å². The highest BCUT2D eigenvalue weighted by Crippen LogP contribution is 2.34. The van der Waals surface area contributed by atoms with Gasteiger partial charge in [0, 0.05) is 27.2 Å². The number of carbonyl (C=O) groups is 4. The van der Waals surface area contributed by atoms with E-state index in [9.17, 15) is 24.3 Å². The fraction of sp³-hybridized carbons (Fsp3) is 0.517. The smallest absolute Gasteiger partial charge is 0.303 e. The maximum atomic E-state index is 12.8. The average molecular weight is 561 g/mol. The van der Waals surface area contributed by atoms with E-state index in [1.54, 1.807) is 12.2 Å².